The van der Waals surface area contributed by atoms with Crippen LogP contribution in [0.15, 0.2) is 53.6 Å². The predicted molar refractivity (Wildman–Crippen MR) is 110 cm³/mol. The van der Waals surface area contributed by atoms with Gasteiger partial charge in [0, 0.05) is 50.5 Å². The number of aliphatic hydroxyl groups is 1. The highest BCUT2D eigenvalue weighted by Crippen LogP contribution is 2.38. The molecule has 0 spiro atoms. The molecule has 0 radical (unpaired) electrons. The molecule has 31 heavy (non-hydrogen) atoms. The van der Waals surface area contributed by atoms with Crippen LogP contribution in [0.4, 0.5) is 13.2 Å². The molecule has 0 amide bonds. The van der Waals surface area contributed by atoms with E-state index in [-0.39, 0.29) is 17.5 Å². The number of hydrogen-bond acceptors (Lipinski definition) is 5. The fourth-order valence-electron chi connectivity index (χ4n) is 3.65. The van der Waals surface area contributed by atoms with Crippen molar-refractivity contribution >= 4 is 10.0 Å². The van der Waals surface area contributed by atoms with Crippen LogP contribution in [0.2, 0.25) is 0 Å². The third-order valence-electron chi connectivity index (χ3n) is 5.64. The quantitative estimate of drug-likeness (QED) is 0.722. The summed E-state index contributed by atoms with van der Waals surface area (Å²) in [4.78, 5) is 6.38. The zero-order valence-corrected chi connectivity index (χ0v) is 18.2. The Labute approximate surface area is 180 Å². The molecule has 1 fully saturated rings. The van der Waals surface area contributed by atoms with Crippen molar-refractivity contribution in [1.29, 1.82) is 0 Å². The molecule has 3 rings (SSSR count). The van der Waals surface area contributed by atoms with E-state index in [4.69, 9.17) is 0 Å². The van der Waals surface area contributed by atoms with Gasteiger partial charge < -0.3 is 10.0 Å². The zero-order valence-electron chi connectivity index (χ0n) is 17.4. The number of benzene rings is 1. The normalized spacial score (nSPS) is 21.0. The fraction of sp³-hybridized carbons (Fsp3) is 0.476. The van der Waals surface area contributed by atoms with Crippen LogP contribution in [-0.2, 0) is 22.0 Å². The summed E-state index contributed by atoms with van der Waals surface area (Å²) < 4.78 is 66.5. The Kier molecular flexibility index (Phi) is 6.75. The highest BCUT2D eigenvalue weighted by atomic mass is 32.2. The van der Waals surface area contributed by atoms with Crippen molar-refractivity contribution in [2.24, 2.45) is 0 Å². The minimum Gasteiger partial charge on any atom is -0.376 e. The second-order valence-corrected chi connectivity index (χ2v) is 9.82. The first-order valence-corrected chi connectivity index (χ1v) is 11.4. The molecular formula is C21H26F3N3O3S. The number of pyridine rings is 1. The lowest BCUT2D eigenvalue weighted by Crippen LogP contribution is -2.54. The molecule has 1 N–H and O–H groups in total. The van der Waals surface area contributed by atoms with Gasteiger partial charge in [0.2, 0.25) is 10.0 Å². The molecule has 10 heteroatoms. The maximum atomic E-state index is 13.1. The van der Waals surface area contributed by atoms with Gasteiger partial charge in [0.15, 0.2) is 5.60 Å². The average Bonchev–Trinajstić information content (AvgIpc) is 2.72. The monoisotopic (exact) mass is 457 g/mol. The minimum absolute atomic E-state index is 0.0944. The van der Waals surface area contributed by atoms with Crippen LogP contribution in [0.3, 0.4) is 0 Å². The Bertz CT molecular complexity index is 980. The molecule has 2 aromatic rings. The van der Waals surface area contributed by atoms with Crippen LogP contribution in [0.1, 0.15) is 25.1 Å². The van der Waals surface area contributed by atoms with Gasteiger partial charge in [-0.15, -0.1) is 0 Å². The highest BCUT2D eigenvalue weighted by Gasteiger charge is 2.51. The Morgan fingerprint density at radius 3 is 2.35 bits per heavy atom. The third kappa shape index (κ3) is 5.08. The van der Waals surface area contributed by atoms with E-state index < -0.39 is 27.4 Å². The summed E-state index contributed by atoms with van der Waals surface area (Å²) in [6, 6.07) is 9.68. The maximum Gasteiger partial charge on any atom is 0.421 e. The van der Waals surface area contributed by atoms with Gasteiger partial charge in [0.05, 0.1) is 4.90 Å². The van der Waals surface area contributed by atoms with Crippen molar-refractivity contribution < 1.29 is 26.7 Å². The molecule has 1 aromatic heterocycles. The number of nitrogens with zero attached hydrogens (tertiary/aromatic N) is 3. The number of rotatable bonds is 6. The molecule has 1 aliphatic rings. The summed E-state index contributed by atoms with van der Waals surface area (Å²) in [6.07, 6.45) is -2.36. The molecule has 0 bridgehead atoms. The Morgan fingerprint density at radius 1 is 1.13 bits per heavy atom. The van der Waals surface area contributed by atoms with E-state index in [0.29, 0.717) is 20.0 Å². The second kappa shape index (κ2) is 8.85. The lowest BCUT2D eigenvalue weighted by Gasteiger charge is -2.39. The third-order valence-corrected chi connectivity index (χ3v) is 7.66. The van der Waals surface area contributed by atoms with Gasteiger partial charge in [-0.2, -0.15) is 17.5 Å². The van der Waals surface area contributed by atoms with Gasteiger partial charge in [0.1, 0.15) is 0 Å². The fourth-order valence-corrected chi connectivity index (χ4v) is 5.26. The lowest BCUT2D eigenvalue weighted by atomic mass is 9.96. The summed E-state index contributed by atoms with van der Waals surface area (Å²) in [7, 11) is -3.87. The standard InChI is InChI=1S/C21H26F3N3O3S/c1-16-15-26(12-10-18-5-3-4-11-25-18)13-14-27(16)31(29,30)19-8-6-17(7-9-19)20(2,28)21(22,23)24/h3-9,11,16,28H,10,12-15H2,1-2H3/t16-,20?/m1/s1. The number of alkyl halides is 3. The number of halogens is 3. The molecule has 1 aliphatic heterocycles. The minimum atomic E-state index is -4.87. The van der Waals surface area contributed by atoms with E-state index in [1.165, 1.54) is 4.31 Å². The largest absolute Gasteiger partial charge is 0.421 e. The van der Waals surface area contributed by atoms with E-state index in [1.807, 2.05) is 25.1 Å². The smallest absolute Gasteiger partial charge is 0.376 e. The van der Waals surface area contributed by atoms with Gasteiger partial charge in [-0.25, -0.2) is 8.42 Å². The lowest BCUT2D eigenvalue weighted by molar-refractivity contribution is -0.258. The van der Waals surface area contributed by atoms with E-state index >= 15 is 0 Å². The average molecular weight is 458 g/mol. The number of hydrogen-bond donors (Lipinski definition) is 1. The topological polar surface area (TPSA) is 73.7 Å². The maximum absolute atomic E-state index is 13.1. The van der Waals surface area contributed by atoms with Crippen LogP contribution in [0.25, 0.3) is 0 Å². The van der Waals surface area contributed by atoms with E-state index in [9.17, 15) is 26.7 Å². The molecule has 170 valence electrons. The first-order valence-electron chi connectivity index (χ1n) is 9.96. The van der Waals surface area contributed by atoms with Crippen LogP contribution >= 0.6 is 0 Å². The number of aromatic nitrogens is 1. The van der Waals surface area contributed by atoms with Crippen molar-refractivity contribution in [2.45, 2.75) is 43.0 Å². The predicted octanol–water partition coefficient (Wildman–Crippen LogP) is 2.79. The number of piperazine rings is 1. The summed E-state index contributed by atoms with van der Waals surface area (Å²) >= 11 is 0. The molecule has 1 unspecified atom stereocenters. The summed E-state index contributed by atoms with van der Waals surface area (Å²) in [5.41, 5.74) is -2.49. The molecule has 1 aromatic carbocycles. The van der Waals surface area contributed by atoms with Crippen molar-refractivity contribution in [3.05, 3.63) is 59.9 Å². The Balaban J connectivity index is 1.67. The van der Waals surface area contributed by atoms with Crippen molar-refractivity contribution in [1.82, 2.24) is 14.2 Å². The van der Waals surface area contributed by atoms with Gasteiger partial charge in [-0.1, -0.05) is 18.2 Å². The SMILES string of the molecule is C[C@@H]1CN(CCc2ccccn2)CCN1S(=O)(=O)c1ccc(C(C)(O)C(F)(F)F)cc1. The molecule has 0 aliphatic carbocycles. The summed E-state index contributed by atoms with van der Waals surface area (Å²) in [6.45, 7) is 4.60. The summed E-state index contributed by atoms with van der Waals surface area (Å²) in [5.74, 6) is 0. The van der Waals surface area contributed by atoms with E-state index in [0.717, 1.165) is 42.9 Å². The Morgan fingerprint density at radius 2 is 1.81 bits per heavy atom. The molecule has 1 saturated heterocycles. The Hall–Kier alpha value is -2.01. The highest BCUT2D eigenvalue weighted by molar-refractivity contribution is 7.89. The molecule has 2 heterocycles. The van der Waals surface area contributed by atoms with Crippen molar-refractivity contribution in [3.8, 4) is 0 Å². The van der Waals surface area contributed by atoms with Gasteiger partial charge in [0.25, 0.3) is 0 Å². The van der Waals surface area contributed by atoms with Crippen LogP contribution in [0.5, 0.6) is 0 Å². The molecule has 0 saturated carbocycles. The molecule has 2 atom stereocenters. The van der Waals surface area contributed by atoms with Gasteiger partial charge in [-0.05, 0) is 43.7 Å². The molecule has 6 nitrogen and oxygen atoms in total. The zero-order chi connectivity index (χ0) is 22.9. The van der Waals surface area contributed by atoms with Crippen LogP contribution in [0, 0.1) is 0 Å². The van der Waals surface area contributed by atoms with Crippen LogP contribution in [-0.4, -0.2) is 66.1 Å². The first kappa shape index (κ1) is 23.6. The number of sulfonamides is 1. The first-order chi connectivity index (χ1) is 14.4. The second-order valence-electron chi connectivity index (χ2n) is 7.93. The van der Waals surface area contributed by atoms with E-state index in [2.05, 4.69) is 9.88 Å². The summed E-state index contributed by atoms with van der Waals surface area (Å²) in [5, 5.41) is 9.77. The van der Waals surface area contributed by atoms with Gasteiger partial charge >= 0.3 is 6.18 Å². The van der Waals surface area contributed by atoms with E-state index in [1.54, 1.807) is 6.20 Å². The van der Waals surface area contributed by atoms with Crippen LogP contribution < -0.4 is 0 Å². The van der Waals surface area contributed by atoms with Crippen molar-refractivity contribution in [3.63, 3.8) is 0 Å². The van der Waals surface area contributed by atoms with Crippen molar-refractivity contribution in [2.75, 3.05) is 26.2 Å². The molecular weight excluding hydrogens is 431 g/mol. The van der Waals surface area contributed by atoms with Gasteiger partial charge in [-0.3, -0.25) is 4.98 Å².